The maximum atomic E-state index is 14.7. The summed E-state index contributed by atoms with van der Waals surface area (Å²) < 4.78 is 20.1. The molecule has 1 aromatic heterocycles. The SMILES string of the molecule is COc1nccc2c1C[C@]1(c3ccccc3F)N=C(N)SC[C@@H]1C2. The van der Waals surface area contributed by atoms with Crippen molar-refractivity contribution < 1.29 is 9.13 Å². The zero-order chi connectivity index (χ0) is 16.7. The van der Waals surface area contributed by atoms with Crippen molar-refractivity contribution in [3.8, 4) is 5.88 Å². The van der Waals surface area contributed by atoms with E-state index in [9.17, 15) is 4.39 Å². The van der Waals surface area contributed by atoms with E-state index >= 15 is 0 Å². The van der Waals surface area contributed by atoms with Gasteiger partial charge in [0.15, 0.2) is 5.17 Å². The fourth-order valence-electron chi connectivity index (χ4n) is 3.85. The summed E-state index contributed by atoms with van der Waals surface area (Å²) in [4.78, 5) is 9.09. The van der Waals surface area contributed by atoms with E-state index in [0.29, 0.717) is 23.0 Å². The minimum absolute atomic E-state index is 0.186. The van der Waals surface area contributed by atoms with E-state index in [1.165, 1.54) is 11.6 Å². The number of nitrogens with two attached hydrogens (primary N) is 1. The highest BCUT2D eigenvalue weighted by atomic mass is 32.2. The topological polar surface area (TPSA) is 60.5 Å². The van der Waals surface area contributed by atoms with Crippen LogP contribution in [0.15, 0.2) is 41.5 Å². The zero-order valence-electron chi connectivity index (χ0n) is 13.3. The van der Waals surface area contributed by atoms with Crippen molar-refractivity contribution in [2.24, 2.45) is 16.6 Å². The van der Waals surface area contributed by atoms with Gasteiger partial charge in [0.05, 0.1) is 12.6 Å². The van der Waals surface area contributed by atoms with Crippen molar-refractivity contribution in [1.82, 2.24) is 4.98 Å². The van der Waals surface area contributed by atoms with E-state index in [1.54, 1.807) is 31.1 Å². The molecule has 2 heterocycles. The Kier molecular flexibility index (Phi) is 3.72. The Balaban J connectivity index is 1.94. The second-order valence-electron chi connectivity index (χ2n) is 6.20. The van der Waals surface area contributed by atoms with E-state index in [1.807, 2.05) is 18.2 Å². The number of rotatable bonds is 2. The lowest BCUT2D eigenvalue weighted by molar-refractivity contribution is 0.262. The van der Waals surface area contributed by atoms with Crippen LogP contribution in [0, 0.1) is 11.7 Å². The van der Waals surface area contributed by atoms with Gasteiger partial charge in [-0.2, -0.15) is 0 Å². The Labute approximate surface area is 144 Å². The lowest BCUT2D eigenvalue weighted by Crippen LogP contribution is -2.46. The van der Waals surface area contributed by atoms with Gasteiger partial charge in [0.25, 0.3) is 0 Å². The van der Waals surface area contributed by atoms with Gasteiger partial charge in [-0.15, -0.1) is 0 Å². The first-order valence-corrected chi connectivity index (χ1v) is 8.86. The molecule has 0 spiro atoms. The summed E-state index contributed by atoms with van der Waals surface area (Å²) in [6.45, 7) is 0. The molecule has 4 nitrogen and oxygen atoms in total. The number of hydrogen-bond acceptors (Lipinski definition) is 5. The molecule has 4 rings (SSSR count). The lowest BCUT2D eigenvalue weighted by atomic mass is 9.67. The van der Waals surface area contributed by atoms with Gasteiger partial charge < -0.3 is 10.5 Å². The Morgan fingerprint density at radius 2 is 2.17 bits per heavy atom. The summed E-state index contributed by atoms with van der Waals surface area (Å²) in [5, 5.41) is 0.515. The van der Waals surface area contributed by atoms with Crippen LogP contribution >= 0.6 is 11.8 Å². The monoisotopic (exact) mass is 343 g/mol. The van der Waals surface area contributed by atoms with Crippen LogP contribution in [-0.4, -0.2) is 23.0 Å². The fraction of sp³-hybridized carbons (Fsp3) is 0.333. The third-order valence-electron chi connectivity index (χ3n) is 4.98. The van der Waals surface area contributed by atoms with Gasteiger partial charge in [0.2, 0.25) is 5.88 Å². The minimum Gasteiger partial charge on any atom is -0.481 e. The van der Waals surface area contributed by atoms with Crippen LogP contribution in [0.2, 0.25) is 0 Å². The molecule has 0 radical (unpaired) electrons. The molecule has 1 aliphatic heterocycles. The summed E-state index contributed by atoms with van der Waals surface area (Å²) in [5.41, 5.74) is 8.17. The molecule has 2 atom stereocenters. The van der Waals surface area contributed by atoms with Crippen molar-refractivity contribution in [3.63, 3.8) is 0 Å². The average Bonchev–Trinajstić information content (AvgIpc) is 2.59. The Morgan fingerprint density at radius 1 is 1.33 bits per heavy atom. The third-order valence-corrected chi connectivity index (χ3v) is 5.93. The number of pyridine rings is 1. The van der Waals surface area contributed by atoms with Crippen molar-refractivity contribution in [2.75, 3.05) is 12.9 Å². The summed E-state index contributed by atoms with van der Waals surface area (Å²) in [5.74, 6) is 1.37. The van der Waals surface area contributed by atoms with Crippen molar-refractivity contribution in [1.29, 1.82) is 0 Å². The molecule has 6 heteroatoms. The predicted molar refractivity (Wildman–Crippen MR) is 93.8 cm³/mol. The molecule has 0 saturated heterocycles. The number of thioether (sulfide) groups is 1. The Morgan fingerprint density at radius 3 is 2.96 bits per heavy atom. The highest BCUT2D eigenvalue weighted by Gasteiger charge is 2.48. The number of fused-ring (bicyclic) bond motifs is 2. The maximum absolute atomic E-state index is 14.7. The number of nitrogens with zero attached hydrogens (tertiary/aromatic N) is 2. The number of aliphatic imine (C=N–C) groups is 1. The van der Waals surface area contributed by atoms with Crippen molar-refractivity contribution in [3.05, 3.63) is 59.0 Å². The van der Waals surface area contributed by atoms with Crippen molar-refractivity contribution >= 4 is 16.9 Å². The number of amidine groups is 1. The van der Waals surface area contributed by atoms with Crippen LogP contribution < -0.4 is 10.5 Å². The second-order valence-corrected chi connectivity index (χ2v) is 7.24. The molecule has 1 aliphatic carbocycles. The quantitative estimate of drug-likeness (QED) is 0.911. The molecule has 124 valence electrons. The molecule has 0 unspecified atom stereocenters. The number of aromatic nitrogens is 1. The molecule has 2 aromatic rings. The van der Waals surface area contributed by atoms with E-state index in [4.69, 9.17) is 15.5 Å². The maximum Gasteiger partial charge on any atom is 0.216 e. The van der Waals surface area contributed by atoms with Gasteiger partial charge in [0, 0.05) is 35.4 Å². The van der Waals surface area contributed by atoms with Gasteiger partial charge in [-0.25, -0.2) is 9.37 Å². The highest BCUT2D eigenvalue weighted by molar-refractivity contribution is 8.13. The molecule has 2 N–H and O–H groups in total. The highest BCUT2D eigenvalue weighted by Crippen LogP contribution is 2.49. The second kappa shape index (κ2) is 5.77. The molecule has 0 bridgehead atoms. The lowest BCUT2D eigenvalue weighted by Gasteiger charge is -2.44. The molecule has 2 aliphatic rings. The molecule has 0 amide bonds. The van der Waals surface area contributed by atoms with Crippen LogP contribution in [0.3, 0.4) is 0 Å². The number of hydrogen-bond donors (Lipinski definition) is 1. The average molecular weight is 343 g/mol. The third kappa shape index (κ3) is 2.28. The summed E-state index contributed by atoms with van der Waals surface area (Å²) in [7, 11) is 1.61. The standard InChI is InChI=1S/C18H18FN3OS/c1-23-16-13-9-18(14-4-2-3-5-15(14)19)12(10-24-17(20)22-18)8-11(13)6-7-21-16/h2-7,12H,8-10H2,1H3,(H2,20,22)/t12-,18-/m0/s1. The summed E-state index contributed by atoms with van der Waals surface area (Å²) in [6.07, 6.45) is 3.12. The number of halogens is 1. The largest absolute Gasteiger partial charge is 0.481 e. The molecule has 0 saturated carbocycles. The van der Waals surface area contributed by atoms with Crippen LogP contribution in [0.5, 0.6) is 5.88 Å². The van der Waals surface area contributed by atoms with Gasteiger partial charge in [-0.1, -0.05) is 30.0 Å². The predicted octanol–water partition coefficient (Wildman–Crippen LogP) is 2.90. The van der Waals surface area contributed by atoms with E-state index < -0.39 is 5.54 Å². The first-order chi connectivity index (χ1) is 11.6. The number of benzene rings is 1. The number of ether oxygens (including phenoxy) is 1. The van der Waals surface area contributed by atoms with Gasteiger partial charge in [-0.05, 0) is 24.1 Å². The molecule has 1 aromatic carbocycles. The first-order valence-electron chi connectivity index (χ1n) is 7.88. The van der Waals surface area contributed by atoms with E-state index in [2.05, 4.69) is 4.98 Å². The normalized spacial score (nSPS) is 25.4. The van der Waals surface area contributed by atoms with Gasteiger partial charge in [0.1, 0.15) is 5.82 Å². The molecular weight excluding hydrogens is 325 g/mol. The fourth-order valence-corrected chi connectivity index (χ4v) is 4.84. The minimum atomic E-state index is -0.690. The van der Waals surface area contributed by atoms with Gasteiger partial charge >= 0.3 is 0 Å². The summed E-state index contributed by atoms with van der Waals surface area (Å²) in [6, 6.07) is 8.89. The van der Waals surface area contributed by atoms with Crippen LogP contribution in [0.1, 0.15) is 16.7 Å². The Hall–Kier alpha value is -2.08. The smallest absolute Gasteiger partial charge is 0.216 e. The van der Waals surface area contributed by atoms with E-state index in [0.717, 1.165) is 17.7 Å². The zero-order valence-corrected chi connectivity index (χ0v) is 14.1. The Bertz CT molecular complexity index is 826. The van der Waals surface area contributed by atoms with E-state index in [-0.39, 0.29) is 11.7 Å². The molecular formula is C18H18FN3OS. The van der Waals surface area contributed by atoms with Crippen molar-refractivity contribution in [2.45, 2.75) is 18.4 Å². The van der Waals surface area contributed by atoms with Crippen LogP contribution in [-0.2, 0) is 18.4 Å². The van der Waals surface area contributed by atoms with Crippen LogP contribution in [0.25, 0.3) is 0 Å². The number of methoxy groups -OCH3 is 1. The van der Waals surface area contributed by atoms with Crippen LogP contribution in [0.4, 0.5) is 4.39 Å². The van der Waals surface area contributed by atoms with Gasteiger partial charge in [-0.3, -0.25) is 4.99 Å². The first kappa shape index (κ1) is 15.4. The molecule has 0 fully saturated rings. The summed E-state index contributed by atoms with van der Waals surface area (Å²) >= 11 is 1.55. The molecule has 24 heavy (non-hydrogen) atoms.